The van der Waals surface area contributed by atoms with Crippen molar-refractivity contribution in [2.45, 2.75) is 39.3 Å². The molecule has 0 spiro atoms. The Labute approximate surface area is 134 Å². The third-order valence-corrected chi connectivity index (χ3v) is 5.22. The number of H-pyrrole nitrogens is 1. The fourth-order valence-electron chi connectivity index (χ4n) is 3.09. The molecule has 2 N–H and O–H groups in total. The van der Waals surface area contributed by atoms with E-state index in [0.717, 1.165) is 5.52 Å². The molecule has 0 saturated carbocycles. The fourth-order valence-corrected chi connectivity index (χ4v) is 3.09. The largest absolute Gasteiger partial charge is 0.389 e. The number of nitrogens with zero attached hydrogens (tertiary/aromatic N) is 2. The molecule has 0 unspecified atom stereocenters. The minimum absolute atomic E-state index is 0.00820. The second-order valence-corrected chi connectivity index (χ2v) is 7.27. The average molecular weight is 317 g/mol. The molecule has 124 valence electrons. The van der Waals surface area contributed by atoms with Gasteiger partial charge in [-0.15, -0.1) is 0 Å². The molecule has 1 amide bonds. The highest BCUT2D eigenvalue weighted by Gasteiger charge is 2.45. The Morgan fingerprint density at radius 1 is 1.30 bits per heavy atom. The number of hydrogen-bond acceptors (Lipinski definition) is 3. The van der Waals surface area contributed by atoms with Gasteiger partial charge in [0, 0.05) is 18.5 Å². The highest BCUT2D eigenvalue weighted by molar-refractivity contribution is 5.79. The molecule has 0 radical (unpaired) electrons. The van der Waals surface area contributed by atoms with E-state index in [1.807, 2.05) is 32.9 Å². The molecule has 1 atom stereocenters. The predicted octanol–water partition coefficient (Wildman–Crippen LogP) is 1.34. The van der Waals surface area contributed by atoms with Gasteiger partial charge in [0.1, 0.15) is 6.54 Å². The zero-order valence-corrected chi connectivity index (χ0v) is 13.8. The summed E-state index contributed by atoms with van der Waals surface area (Å²) in [6.07, 6.45) is 0.535. The van der Waals surface area contributed by atoms with Crippen molar-refractivity contribution in [1.29, 1.82) is 0 Å². The Bertz CT molecular complexity index is 801. The Morgan fingerprint density at radius 3 is 2.65 bits per heavy atom. The van der Waals surface area contributed by atoms with Crippen LogP contribution in [-0.4, -0.2) is 44.4 Å². The number of hydrogen-bond donors (Lipinski definition) is 2. The number of carbonyl (C=O) groups excluding carboxylic acids is 1. The van der Waals surface area contributed by atoms with Crippen molar-refractivity contribution in [1.82, 2.24) is 14.7 Å². The molecule has 6 heteroatoms. The monoisotopic (exact) mass is 317 g/mol. The zero-order chi connectivity index (χ0) is 16.8. The number of carbonyl (C=O) groups is 1. The molecule has 1 aliphatic heterocycles. The normalized spacial score (nSPS) is 24.1. The van der Waals surface area contributed by atoms with Gasteiger partial charge in [-0.3, -0.25) is 14.7 Å². The van der Waals surface area contributed by atoms with Crippen LogP contribution in [0.3, 0.4) is 0 Å². The van der Waals surface area contributed by atoms with E-state index in [1.165, 1.54) is 4.68 Å². The van der Waals surface area contributed by atoms with E-state index in [0.29, 0.717) is 24.9 Å². The first kappa shape index (κ1) is 15.8. The van der Waals surface area contributed by atoms with Crippen LogP contribution in [0.15, 0.2) is 29.1 Å². The molecule has 0 bridgehead atoms. The van der Waals surface area contributed by atoms with Gasteiger partial charge in [0.15, 0.2) is 0 Å². The van der Waals surface area contributed by atoms with Crippen LogP contribution in [0.4, 0.5) is 0 Å². The fraction of sp³-hybridized carbons (Fsp3) is 0.529. The van der Waals surface area contributed by atoms with Gasteiger partial charge in [-0.25, -0.2) is 4.68 Å². The zero-order valence-electron chi connectivity index (χ0n) is 13.8. The van der Waals surface area contributed by atoms with Gasteiger partial charge < -0.3 is 10.0 Å². The molecule has 1 fully saturated rings. The molecule has 0 aliphatic carbocycles. The number of nitrogens with one attached hydrogen (secondary N) is 1. The lowest BCUT2D eigenvalue weighted by Crippen LogP contribution is -2.57. The summed E-state index contributed by atoms with van der Waals surface area (Å²) < 4.78 is 1.35. The topological polar surface area (TPSA) is 78.3 Å². The van der Waals surface area contributed by atoms with Crippen LogP contribution in [0.1, 0.15) is 27.2 Å². The van der Waals surface area contributed by atoms with E-state index in [4.69, 9.17) is 0 Å². The third-order valence-electron chi connectivity index (χ3n) is 5.22. The molecule has 3 rings (SSSR count). The molecule has 1 saturated heterocycles. The number of aromatic amines is 1. The van der Waals surface area contributed by atoms with Gasteiger partial charge in [0.25, 0.3) is 5.56 Å². The maximum absolute atomic E-state index is 12.6. The summed E-state index contributed by atoms with van der Waals surface area (Å²) >= 11 is 0. The first-order valence-corrected chi connectivity index (χ1v) is 7.89. The lowest BCUT2D eigenvalue weighted by atomic mass is 9.71. The molecule has 2 heterocycles. The van der Waals surface area contributed by atoms with Crippen molar-refractivity contribution in [3.05, 3.63) is 34.6 Å². The van der Waals surface area contributed by atoms with Gasteiger partial charge in [0.2, 0.25) is 5.91 Å². The van der Waals surface area contributed by atoms with E-state index in [1.54, 1.807) is 17.0 Å². The van der Waals surface area contributed by atoms with Crippen molar-refractivity contribution >= 4 is 16.8 Å². The summed E-state index contributed by atoms with van der Waals surface area (Å²) in [6.45, 7) is 6.71. The molecular formula is C17H23N3O3. The van der Waals surface area contributed by atoms with E-state index < -0.39 is 5.60 Å². The third kappa shape index (κ3) is 2.67. The lowest BCUT2D eigenvalue weighted by molar-refractivity contribution is -0.147. The maximum Gasteiger partial charge on any atom is 0.274 e. The quantitative estimate of drug-likeness (QED) is 0.877. The van der Waals surface area contributed by atoms with Crippen molar-refractivity contribution < 1.29 is 9.90 Å². The molecule has 23 heavy (non-hydrogen) atoms. The number of likely N-dealkylation sites (tertiary alicyclic amines) is 1. The second kappa shape index (κ2) is 5.23. The van der Waals surface area contributed by atoms with E-state index in [2.05, 4.69) is 5.10 Å². The van der Waals surface area contributed by atoms with Gasteiger partial charge in [0.05, 0.1) is 16.5 Å². The van der Waals surface area contributed by atoms with Gasteiger partial charge in [-0.05, 0) is 25.5 Å². The first-order valence-electron chi connectivity index (χ1n) is 7.89. The van der Waals surface area contributed by atoms with Crippen molar-refractivity contribution in [2.24, 2.45) is 5.41 Å². The smallest absolute Gasteiger partial charge is 0.274 e. The standard InChI is InChI=1S/C17H23N3O3/c1-16(2)11-19(9-8-17(16,3)23)14(21)10-20-15(22)12-6-4-5-7-13(12)18-20/h4-7,18,23H,8-11H2,1-3H3/t17-/m0/s1. The van der Waals surface area contributed by atoms with Crippen LogP contribution in [0.5, 0.6) is 0 Å². The predicted molar refractivity (Wildman–Crippen MR) is 88.2 cm³/mol. The minimum Gasteiger partial charge on any atom is -0.389 e. The van der Waals surface area contributed by atoms with Crippen molar-refractivity contribution in [3.63, 3.8) is 0 Å². The Hall–Kier alpha value is -2.08. The first-order chi connectivity index (χ1) is 10.7. The average Bonchev–Trinajstić information content (AvgIpc) is 2.79. The summed E-state index contributed by atoms with van der Waals surface area (Å²) in [5, 5.41) is 14.0. The summed E-state index contributed by atoms with van der Waals surface area (Å²) in [5.41, 5.74) is -0.627. The highest BCUT2D eigenvalue weighted by atomic mass is 16.3. The van der Waals surface area contributed by atoms with Crippen LogP contribution in [0.2, 0.25) is 0 Å². The van der Waals surface area contributed by atoms with E-state index >= 15 is 0 Å². The summed E-state index contributed by atoms with van der Waals surface area (Å²) in [6, 6.07) is 7.22. The SMILES string of the molecule is CC1(C)CN(C(=O)Cn2[nH]c3ccccc3c2=O)CC[C@]1(C)O. The summed E-state index contributed by atoms with van der Waals surface area (Å²) in [4.78, 5) is 26.6. The number of piperidine rings is 1. The van der Waals surface area contributed by atoms with Crippen LogP contribution in [0.25, 0.3) is 10.9 Å². The number of aliphatic hydroxyl groups is 1. The molecule has 2 aromatic rings. The molecular weight excluding hydrogens is 294 g/mol. The molecule has 1 aromatic heterocycles. The molecule has 1 aliphatic rings. The lowest BCUT2D eigenvalue weighted by Gasteiger charge is -2.48. The second-order valence-electron chi connectivity index (χ2n) is 7.27. The van der Waals surface area contributed by atoms with Crippen LogP contribution in [0, 0.1) is 5.41 Å². The summed E-state index contributed by atoms with van der Waals surface area (Å²) in [5.74, 6) is -0.109. The maximum atomic E-state index is 12.6. The number of para-hydroxylation sites is 1. The highest BCUT2D eigenvalue weighted by Crippen LogP contribution is 2.38. The van der Waals surface area contributed by atoms with Crippen molar-refractivity contribution in [2.75, 3.05) is 13.1 Å². The van der Waals surface area contributed by atoms with E-state index in [9.17, 15) is 14.7 Å². The van der Waals surface area contributed by atoms with Crippen molar-refractivity contribution in [3.8, 4) is 0 Å². The Morgan fingerprint density at radius 2 is 2.00 bits per heavy atom. The van der Waals surface area contributed by atoms with Crippen LogP contribution < -0.4 is 5.56 Å². The van der Waals surface area contributed by atoms with Gasteiger partial charge in [-0.2, -0.15) is 0 Å². The number of fused-ring (bicyclic) bond motifs is 1. The number of rotatable bonds is 2. The molecule has 1 aromatic carbocycles. The minimum atomic E-state index is -0.790. The Balaban J connectivity index is 1.79. The Kier molecular flexibility index (Phi) is 3.59. The van der Waals surface area contributed by atoms with Gasteiger partial charge in [-0.1, -0.05) is 26.0 Å². The van der Waals surface area contributed by atoms with Crippen LogP contribution >= 0.6 is 0 Å². The van der Waals surface area contributed by atoms with Gasteiger partial charge >= 0.3 is 0 Å². The number of amides is 1. The molecule has 6 nitrogen and oxygen atoms in total. The van der Waals surface area contributed by atoms with Crippen LogP contribution in [-0.2, 0) is 11.3 Å². The number of benzene rings is 1. The van der Waals surface area contributed by atoms with E-state index in [-0.39, 0.29) is 23.4 Å². The summed E-state index contributed by atoms with van der Waals surface area (Å²) in [7, 11) is 0. The number of aromatic nitrogens is 2.